The number of hydrogen-bond donors (Lipinski definition) is 1. The molecule has 0 radical (unpaired) electrons. The van der Waals surface area contributed by atoms with Gasteiger partial charge in [-0.25, -0.2) is 0 Å². The Hall–Kier alpha value is -0.610. The number of nitrogens with one attached hydrogen (secondary N) is 1. The van der Waals surface area contributed by atoms with E-state index in [1.54, 1.807) is 0 Å². The predicted molar refractivity (Wildman–Crippen MR) is 64.4 cm³/mol. The van der Waals surface area contributed by atoms with Gasteiger partial charge in [-0.15, -0.1) is 0 Å². The van der Waals surface area contributed by atoms with Crippen LogP contribution in [0.25, 0.3) is 0 Å². The van der Waals surface area contributed by atoms with Crippen molar-refractivity contribution in [2.75, 3.05) is 32.8 Å². The summed E-state index contributed by atoms with van der Waals surface area (Å²) in [6.45, 7) is 8.24. The molecule has 0 atom stereocenters. The van der Waals surface area contributed by atoms with Crippen LogP contribution in [0.2, 0.25) is 0 Å². The summed E-state index contributed by atoms with van der Waals surface area (Å²) in [4.78, 5) is 13.8. The Morgan fingerprint density at radius 1 is 1.38 bits per heavy atom. The largest absolute Gasteiger partial charge is 0.465 e. The van der Waals surface area contributed by atoms with Crippen LogP contribution in [0.1, 0.15) is 33.1 Å². The van der Waals surface area contributed by atoms with E-state index in [0.29, 0.717) is 19.2 Å². The van der Waals surface area contributed by atoms with E-state index in [4.69, 9.17) is 4.74 Å². The Morgan fingerprint density at radius 2 is 2.12 bits per heavy atom. The van der Waals surface area contributed by atoms with Crippen molar-refractivity contribution >= 4 is 5.97 Å². The molecule has 94 valence electrons. The number of esters is 1. The van der Waals surface area contributed by atoms with Crippen molar-refractivity contribution in [3.63, 3.8) is 0 Å². The Labute approximate surface area is 98.3 Å². The molecule has 1 aliphatic rings. The molecule has 4 nitrogen and oxygen atoms in total. The topological polar surface area (TPSA) is 41.6 Å². The van der Waals surface area contributed by atoms with Crippen LogP contribution in [0.4, 0.5) is 0 Å². The number of carbonyl (C=O) groups is 1. The maximum atomic E-state index is 11.6. The van der Waals surface area contributed by atoms with E-state index < -0.39 is 0 Å². The summed E-state index contributed by atoms with van der Waals surface area (Å²) in [5.41, 5.74) is 0. The molecule has 1 N–H and O–H groups in total. The number of ether oxygens (including phenoxy) is 1. The first kappa shape index (κ1) is 13.5. The van der Waals surface area contributed by atoms with Gasteiger partial charge < -0.3 is 10.1 Å². The molecule has 1 rings (SSSR count). The molecule has 4 heteroatoms. The van der Waals surface area contributed by atoms with Crippen molar-refractivity contribution in [1.29, 1.82) is 0 Å². The molecule has 0 saturated carbocycles. The summed E-state index contributed by atoms with van der Waals surface area (Å²) in [6, 6.07) is 0.527. The van der Waals surface area contributed by atoms with E-state index in [2.05, 4.69) is 24.1 Å². The Balaban J connectivity index is 2.21. The highest BCUT2D eigenvalue weighted by atomic mass is 16.5. The minimum atomic E-state index is -0.0752. The molecule has 1 fully saturated rings. The zero-order valence-corrected chi connectivity index (χ0v) is 10.5. The molecule has 0 bridgehead atoms. The van der Waals surface area contributed by atoms with E-state index in [1.165, 1.54) is 0 Å². The maximum absolute atomic E-state index is 11.6. The fourth-order valence-corrected chi connectivity index (χ4v) is 1.75. The third-order valence-corrected chi connectivity index (χ3v) is 2.88. The van der Waals surface area contributed by atoms with Crippen molar-refractivity contribution in [3.8, 4) is 0 Å². The lowest BCUT2D eigenvalue weighted by atomic mass is 10.1. The number of rotatable bonds is 8. The van der Waals surface area contributed by atoms with Crippen LogP contribution in [-0.2, 0) is 9.53 Å². The molecule has 0 unspecified atom stereocenters. The summed E-state index contributed by atoms with van der Waals surface area (Å²) in [6.07, 6.45) is 3.11. The summed E-state index contributed by atoms with van der Waals surface area (Å²) in [7, 11) is 0. The maximum Gasteiger partial charge on any atom is 0.320 e. The van der Waals surface area contributed by atoms with Crippen LogP contribution < -0.4 is 5.32 Å². The van der Waals surface area contributed by atoms with Gasteiger partial charge in [0, 0.05) is 19.1 Å². The molecule has 0 aliphatic carbocycles. The molecule has 0 aromatic carbocycles. The second-order valence-corrected chi connectivity index (χ2v) is 4.36. The highest BCUT2D eigenvalue weighted by Gasteiger charge is 2.25. The molecular formula is C12H24N2O2. The van der Waals surface area contributed by atoms with Gasteiger partial charge in [0.2, 0.25) is 0 Å². The van der Waals surface area contributed by atoms with Gasteiger partial charge in [0.25, 0.3) is 0 Å². The highest BCUT2D eigenvalue weighted by molar-refractivity contribution is 5.71. The molecular weight excluding hydrogens is 204 g/mol. The van der Waals surface area contributed by atoms with E-state index in [1.807, 2.05) is 0 Å². The van der Waals surface area contributed by atoms with Gasteiger partial charge in [0.15, 0.2) is 0 Å². The summed E-state index contributed by atoms with van der Waals surface area (Å²) in [5, 5.41) is 3.23. The monoisotopic (exact) mass is 228 g/mol. The van der Waals surface area contributed by atoms with Gasteiger partial charge in [-0.1, -0.05) is 20.3 Å². The van der Waals surface area contributed by atoms with Crippen molar-refractivity contribution in [2.24, 2.45) is 0 Å². The van der Waals surface area contributed by atoms with Crippen LogP contribution in [0.15, 0.2) is 0 Å². The minimum Gasteiger partial charge on any atom is -0.465 e. The van der Waals surface area contributed by atoms with Crippen LogP contribution in [-0.4, -0.2) is 49.7 Å². The summed E-state index contributed by atoms with van der Waals surface area (Å²) < 4.78 is 5.18. The van der Waals surface area contributed by atoms with Gasteiger partial charge in [-0.05, 0) is 19.4 Å². The molecule has 1 saturated heterocycles. The van der Waals surface area contributed by atoms with Crippen LogP contribution >= 0.6 is 0 Å². The lowest BCUT2D eigenvalue weighted by molar-refractivity contribution is -0.146. The number of hydrogen-bond acceptors (Lipinski definition) is 4. The third-order valence-electron chi connectivity index (χ3n) is 2.88. The third kappa shape index (κ3) is 4.49. The van der Waals surface area contributed by atoms with Crippen LogP contribution in [0.5, 0.6) is 0 Å². The standard InChI is InChI=1S/C12H24N2O2/c1-3-5-7-16-12(15)10-14(6-4-2)11-8-13-9-11/h11,13H,3-10H2,1-2H3. The molecule has 1 heterocycles. The second-order valence-electron chi connectivity index (χ2n) is 4.36. The summed E-state index contributed by atoms with van der Waals surface area (Å²) in [5.74, 6) is -0.0752. The first-order valence-electron chi connectivity index (χ1n) is 6.38. The lowest BCUT2D eigenvalue weighted by Gasteiger charge is -2.37. The number of unbranched alkanes of at least 4 members (excludes halogenated alkanes) is 1. The van der Waals surface area contributed by atoms with E-state index in [0.717, 1.165) is 38.9 Å². The van der Waals surface area contributed by atoms with E-state index in [-0.39, 0.29) is 5.97 Å². The van der Waals surface area contributed by atoms with Crippen molar-refractivity contribution < 1.29 is 9.53 Å². The quantitative estimate of drug-likeness (QED) is 0.497. The average molecular weight is 228 g/mol. The van der Waals surface area contributed by atoms with Gasteiger partial charge in [0.1, 0.15) is 0 Å². The normalized spacial score (nSPS) is 16.2. The first-order valence-corrected chi connectivity index (χ1v) is 6.38. The fourth-order valence-electron chi connectivity index (χ4n) is 1.75. The predicted octanol–water partition coefficient (Wildman–Crippen LogP) is 1.01. The van der Waals surface area contributed by atoms with Gasteiger partial charge in [-0.2, -0.15) is 0 Å². The van der Waals surface area contributed by atoms with Crippen molar-refractivity contribution in [1.82, 2.24) is 10.2 Å². The van der Waals surface area contributed by atoms with Crippen LogP contribution in [0.3, 0.4) is 0 Å². The Morgan fingerprint density at radius 3 is 2.62 bits per heavy atom. The summed E-state index contributed by atoms with van der Waals surface area (Å²) >= 11 is 0. The molecule has 16 heavy (non-hydrogen) atoms. The molecule has 0 aromatic rings. The smallest absolute Gasteiger partial charge is 0.320 e. The molecule has 0 amide bonds. The highest BCUT2D eigenvalue weighted by Crippen LogP contribution is 2.06. The number of nitrogens with zero attached hydrogens (tertiary/aromatic N) is 1. The van der Waals surface area contributed by atoms with E-state index >= 15 is 0 Å². The first-order chi connectivity index (χ1) is 7.77. The van der Waals surface area contributed by atoms with Gasteiger partial charge in [-0.3, -0.25) is 9.69 Å². The lowest BCUT2D eigenvalue weighted by Crippen LogP contribution is -2.58. The van der Waals surface area contributed by atoms with Gasteiger partial charge in [0.05, 0.1) is 13.2 Å². The number of carbonyl (C=O) groups excluding carboxylic acids is 1. The van der Waals surface area contributed by atoms with E-state index in [9.17, 15) is 4.79 Å². The Kier molecular flexibility index (Phi) is 6.42. The van der Waals surface area contributed by atoms with Gasteiger partial charge >= 0.3 is 5.97 Å². The zero-order valence-electron chi connectivity index (χ0n) is 10.5. The fraction of sp³-hybridized carbons (Fsp3) is 0.917. The Bertz CT molecular complexity index is 205. The molecule has 0 aromatic heterocycles. The molecule has 1 aliphatic heterocycles. The van der Waals surface area contributed by atoms with Crippen molar-refractivity contribution in [2.45, 2.75) is 39.2 Å². The van der Waals surface area contributed by atoms with Crippen molar-refractivity contribution in [3.05, 3.63) is 0 Å². The average Bonchev–Trinajstić information content (AvgIpc) is 2.15. The minimum absolute atomic E-state index is 0.0752. The molecule has 0 spiro atoms. The second kappa shape index (κ2) is 7.63. The van der Waals surface area contributed by atoms with Crippen LogP contribution in [0, 0.1) is 0 Å². The zero-order chi connectivity index (χ0) is 11.8. The SMILES string of the molecule is CCCCOC(=O)CN(CCC)C1CNC1.